The summed E-state index contributed by atoms with van der Waals surface area (Å²) in [6.07, 6.45) is 1.78. The Hall–Kier alpha value is -0.580. The Bertz CT molecular complexity index is 514. The quantitative estimate of drug-likeness (QED) is 0.826. The molecule has 2 aromatic rings. The fourth-order valence-electron chi connectivity index (χ4n) is 1.34. The highest BCUT2D eigenvalue weighted by molar-refractivity contribution is 9.11. The van der Waals surface area contributed by atoms with E-state index in [1.807, 2.05) is 30.3 Å². The number of nitrogens with zero attached hydrogens (tertiary/aromatic N) is 1. The van der Waals surface area contributed by atoms with E-state index in [4.69, 9.17) is 11.6 Å². The second-order valence-electron chi connectivity index (χ2n) is 3.42. The van der Waals surface area contributed by atoms with Crippen molar-refractivity contribution in [3.63, 3.8) is 0 Å². The lowest BCUT2D eigenvalue weighted by Crippen LogP contribution is -2.01. The summed E-state index contributed by atoms with van der Waals surface area (Å²) >= 11 is 12.8. The van der Waals surface area contributed by atoms with E-state index >= 15 is 0 Å². The van der Waals surface area contributed by atoms with Crippen molar-refractivity contribution in [3.8, 4) is 0 Å². The van der Waals surface area contributed by atoms with Crippen LogP contribution in [0.2, 0.25) is 5.02 Å². The number of benzene rings is 1. The average molecular weight is 376 g/mol. The molecule has 0 radical (unpaired) electrons. The summed E-state index contributed by atoms with van der Waals surface area (Å²) in [4.78, 5) is 4.29. The Morgan fingerprint density at radius 2 is 2.00 bits per heavy atom. The zero-order valence-corrected chi connectivity index (χ0v) is 12.7. The van der Waals surface area contributed by atoms with Crippen LogP contribution in [-0.4, -0.2) is 4.98 Å². The molecule has 1 aromatic heterocycles. The van der Waals surface area contributed by atoms with Crippen molar-refractivity contribution in [1.82, 2.24) is 4.98 Å². The minimum Gasteiger partial charge on any atom is -0.378 e. The van der Waals surface area contributed by atoms with Gasteiger partial charge in [0.05, 0.1) is 27.4 Å². The maximum absolute atomic E-state index is 6.01. The van der Waals surface area contributed by atoms with Crippen molar-refractivity contribution in [2.45, 2.75) is 6.54 Å². The van der Waals surface area contributed by atoms with E-state index < -0.39 is 0 Å². The number of halogens is 3. The zero-order chi connectivity index (χ0) is 12.3. The second kappa shape index (κ2) is 5.85. The van der Waals surface area contributed by atoms with Gasteiger partial charge in [0.2, 0.25) is 0 Å². The predicted octanol–water partition coefficient (Wildman–Crippen LogP) is 4.87. The molecule has 1 N–H and O–H groups in total. The van der Waals surface area contributed by atoms with Gasteiger partial charge in [0, 0.05) is 10.7 Å². The first-order valence-electron chi connectivity index (χ1n) is 4.95. The van der Waals surface area contributed by atoms with Crippen LogP contribution in [0.15, 0.2) is 45.5 Å². The van der Waals surface area contributed by atoms with Gasteiger partial charge in [0.15, 0.2) is 0 Å². The highest BCUT2D eigenvalue weighted by Gasteiger charge is 2.03. The Labute approximate surface area is 122 Å². The van der Waals surface area contributed by atoms with Crippen molar-refractivity contribution >= 4 is 49.1 Å². The van der Waals surface area contributed by atoms with Crippen molar-refractivity contribution in [2.24, 2.45) is 0 Å². The monoisotopic (exact) mass is 374 g/mol. The molecule has 0 saturated heterocycles. The van der Waals surface area contributed by atoms with E-state index in [0.29, 0.717) is 11.6 Å². The summed E-state index contributed by atoms with van der Waals surface area (Å²) in [5.74, 6) is 0. The van der Waals surface area contributed by atoms with Gasteiger partial charge in [-0.25, -0.2) is 0 Å². The van der Waals surface area contributed by atoms with E-state index in [2.05, 4.69) is 42.2 Å². The van der Waals surface area contributed by atoms with Crippen LogP contribution in [-0.2, 0) is 6.54 Å². The largest absolute Gasteiger partial charge is 0.378 e. The number of anilines is 1. The molecular weight excluding hydrogens is 367 g/mol. The minimum absolute atomic E-state index is 0.659. The Morgan fingerprint density at radius 1 is 1.18 bits per heavy atom. The standard InChI is InChI=1S/C12H9Br2ClN2/c13-8-4-5-9(16-6-8)7-17-11-3-1-2-10(15)12(11)14/h1-6,17H,7H2. The average Bonchev–Trinajstić information content (AvgIpc) is 2.33. The lowest BCUT2D eigenvalue weighted by atomic mass is 10.3. The number of pyridine rings is 1. The summed E-state index contributed by atoms with van der Waals surface area (Å²) in [5, 5.41) is 3.97. The summed E-state index contributed by atoms with van der Waals surface area (Å²) in [6.45, 7) is 0.659. The van der Waals surface area contributed by atoms with E-state index in [-0.39, 0.29) is 0 Å². The summed E-state index contributed by atoms with van der Waals surface area (Å²) in [5.41, 5.74) is 1.93. The number of hydrogen-bond acceptors (Lipinski definition) is 2. The number of aromatic nitrogens is 1. The predicted molar refractivity (Wildman–Crippen MR) is 78.4 cm³/mol. The maximum Gasteiger partial charge on any atom is 0.0595 e. The molecule has 0 fully saturated rings. The van der Waals surface area contributed by atoms with Crippen molar-refractivity contribution in [1.29, 1.82) is 0 Å². The first-order chi connectivity index (χ1) is 8.16. The molecule has 0 bridgehead atoms. The first-order valence-corrected chi connectivity index (χ1v) is 6.91. The molecule has 0 aliphatic heterocycles. The van der Waals surface area contributed by atoms with E-state index in [9.17, 15) is 0 Å². The molecular formula is C12H9Br2ClN2. The lowest BCUT2D eigenvalue weighted by molar-refractivity contribution is 1.04. The van der Waals surface area contributed by atoms with Crippen LogP contribution < -0.4 is 5.32 Å². The van der Waals surface area contributed by atoms with Crippen LogP contribution in [0, 0.1) is 0 Å². The van der Waals surface area contributed by atoms with Gasteiger partial charge in [-0.1, -0.05) is 17.7 Å². The van der Waals surface area contributed by atoms with Crippen LogP contribution in [0.25, 0.3) is 0 Å². The molecule has 1 heterocycles. The molecule has 1 aromatic carbocycles. The van der Waals surface area contributed by atoms with Gasteiger partial charge in [-0.3, -0.25) is 4.98 Å². The van der Waals surface area contributed by atoms with Crippen molar-refractivity contribution in [2.75, 3.05) is 5.32 Å². The SMILES string of the molecule is Clc1cccc(NCc2ccc(Br)cn2)c1Br. The Morgan fingerprint density at radius 3 is 2.71 bits per heavy atom. The molecule has 0 amide bonds. The second-order valence-corrected chi connectivity index (χ2v) is 5.54. The fourth-order valence-corrected chi connectivity index (χ4v) is 2.15. The van der Waals surface area contributed by atoms with Crippen LogP contribution in [0.5, 0.6) is 0 Å². The van der Waals surface area contributed by atoms with Gasteiger partial charge in [0.1, 0.15) is 0 Å². The maximum atomic E-state index is 6.01. The molecule has 17 heavy (non-hydrogen) atoms. The highest BCUT2D eigenvalue weighted by Crippen LogP contribution is 2.30. The van der Waals surface area contributed by atoms with Gasteiger partial charge in [0.25, 0.3) is 0 Å². The van der Waals surface area contributed by atoms with Gasteiger partial charge >= 0.3 is 0 Å². The zero-order valence-electron chi connectivity index (χ0n) is 8.75. The molecule has 0 spiro atoms. The van der Waals surface area contributed by atoms with Gasteiger partial charge in [-0.2, -0.15) is 0 Å². The molecule has 5 heteroatoms. The van der Waals surface area contributed by atoms with Crippen molar-refractivity contribution in [3.05, 3.63) is 56.2 Å². The molecule has 2 nitrogen and oxygen atoms in total. The fraction of sp³-hybridized carbons (Fsp3) is 0.0833. The van der Waals surface area contributed by atoms with E-state index in [0.717, 1.165) is 20.3 Å². The summed E-state index contributed by atoms with van der Waals surface area (Å²) < 4.78 is 1.85. The minimum atomic E-state index is 0.659. The normalized spacial score (nSPS) is 10.3. The molecule has 0 saturated carbocycles. The molecule has 0 aliphatic carbocycles. The van der Waals surface area contributed by atoms with Gasteiger partial charge in [-0.05, 0) is 56.1 Å². The molecule has 0 atom stereocenters. The Balaban J connectivity index is 2.07. The number of rotatable bonds is 3. The van der Waals surface area contributed by atoms with Crippen molar-refractivity contribution < 1.29 is 0 Å². The lowest BCUT2D eigenvalue weighted by Gasteiger charge is -2.09. The van der Waals surface area contributed by atoms with Gasteiger partial charge in [-0.15, -0.1) is 0 Å². The van der Waals surface area contributed by atoms with E-state index in [1.54, 1.807) is 6.20 Å². The smallest absolute Gasteiger partial charge is 0.0595 e. The van der Waals surface area contributed by atoms with Crippen LogP contribution in [0.1, 0.15) is 5.69 Å². The van der Waals surface area contributed by atoms with Crippen LogP contribution in [0.3, 0.4) is 0 Å². The summed E-state index contributed by atoms with van der Waals surface area (Å²) in [6, 6.07) is 9.65. The topological polar surface area (TPSA) is 24.9 Å². The summed E-state index contributed by atoms with van der Waals surface area (Å²) in [7, 11) is 0. The first kappa shape index (κ1) is 12.9. The van der Waals surface area contributed by atoms with E-state index in [1.165, 1.54) is 0 Å². The van der Waals surface area contributed by atoms with Crippen LogP contribution in [0.4, 0.5) is 5.69 Å². The molecule has 0 aliphatic rings. The highest BCUT2D eigenvalue weighted by atomic mass is 79.9. The third-order valence-corrected chi connectivity index (χ3v) is 4.07. The number of nitrogens with one attached hydrogen (secondary N) is 1. The molecule has 2 rings (SSSR count). The third-order valence-electron chi connectivity index (χ3n) is 2.20. The Kier molecular flexibility index (Phi) is 4.42. The van der Waals surface area contributed by atoms with Crippen LogP contribution >= 0.6 is 43.5 Å². The van der Waals surface area contributed by atoms with Gasteiger partial charge < -0.3 is 5.32 Å². The molecule has 0 unspecified atom stereocenters. The number of hydrogen-bond donors (Lipinski definition) is 1. The third kappa shape index (κ3) is 3.44. The molecule has 88 valence electrons.